The zero-order valence-corrected chi connectivity index (χ0v) is 24.9. The minimum Gasteiger partial charge on any atom is -0.493 e. The number of carbonyl (C=O) groups excluding carboxylic acids is 2. The molecular formula is C31H44N2O6. The number of rotatable bonds is 12. The number of methoxy groups -OCH3 is 2. The Bertz CT molecular complexity index is 1150. The molecule has 3 aromatic rings. The van der Waals surface area contributed by atoms with E-state index in [2.05, 4.69) is 4.98 Å². The molecule has 39 heavy (non-hydrogen) atoms. The molecule has 0 bridgehead atoms. The van der Waals surface area contributed by atoms with E-state index in [4.69, 9.17) is 18.9 Å². The third-order valence-electron chi connectivity index (χ3n) is 5.64. The van der Waals surface area contributed by atoms with Gasteiger partial charge in [-0.1, -0.05) is 40.7 Å². The first-order valence-electron chi connectivity index (χ1n) is 13.4. The minimum absolute atomic E-state index is 0.204. The predicted octanol–water partition coefficient (Wildman–Crippen LogP) is 6.49. The van der Waals surface area contributed by atoms with Crippen molar-refractivity contribution < 1.29 is 28.5 Å². The molecule has 214 valence electrons. The number of nitrogens with zero attached hydrogens (tertiary/aromatic N) is 2. The summed E-state index contributed by atoms with van der Waals surface area (Å²) in [6.07, 6.45) is 5.95. The topological polar surface area (TPSA) is 87.2 Å². The van der Waals surface area contributed by atoms with Gasteiger partial charge in [0.2, 0.25) is 5.75 Å². The Kier molecular flexibility index (Phi) is 15.0. The number of pyridine rings is 1. The van der Waals surface area contributed by atoms with E-state index in [1.807, 2.05) is 84.0 Å². The van der Waals surface area contributed by atoms with Gasteiger partial charge in [-0.25, -0.2) is 0 Å². The van der Waals surface area contributed by atoms with E-state index in [1.54, 1.807) is 20.4 Å². The third kappa shape index (κ3) is 9.16. The molecule has 3 rings (SSSR count). The Balaban J connectivity index is 0.000000975. The second-order valence-corrected chi connectivity index (χ2v) is 8.77. The van der Waals surface area contributed by atoms with Crippen LogP contribution in [0.5, 0.6) is 23.0 Å². The SMILES string of the molecule is CC.CC(C)C=O.CCCOc1c(OC)cc(Cc2cncc3c(OC=O)c(N(C)CC)ccc23)cc1OC. The summed E-state index contributed by atoms with van der Waals surface area (Å²) in [6.45, 7) is 13.6. The van der Waals surface area contributed by atoms with Crippen LogP contribution < -0.4 is 23.8 Å². The molecule has 0 aliphatic rings. The number of benzene rings is 2. The first-order valence-corrected chi connectivity index (χ1v) is 13.4. The maximum Gasteiger partial charge on any atom is 0.298 e. The van der Waals surface area contributed by atoms with Crippen LogP contribution in [0.4, 0.5) is 5.69 Å². The largest absolute Gasteiger partial charge is 0.493 e. The van der Waals surface area contributed by atoms with Gasteiger partial charge in [-0.15, -0.1) is 0 Å². The zero-order valence-electron chi connectivity index (χ0n) is 24.9. The van der Waals surface area contributed by atoms with Gasteiger partial charge in [0.1, 0.15) is 6.29 Å². The molecule has 8 heteroatoms. The van der Waals surface area contributed by atoms with Crippen molar-refractivity contribution in [1.82, 2.24) is 4.98 Å². The minimum atomic E-state index is 0.204. The molecule has 2 aromatic carbocycles. The van der Waals surface area contributed by atoms with E-state index >= 15 is 0 Å². The summed E-state index contributed by atoms with van der Waals surface area (Å²) in [5.74, 6) is 2.56. The van der Waals surface area contributed by atoms with Crippen molar-refractivity contribution in [3.63, 3.8) is 0 Å². The van der Waals surface area contributed by atoms with Crippen LogP contribution in [0, 0.1) is 5.92 Å². The third-order valence-corrected chi connectivity index (χ3v) is 5.64. The van der Waals surface area contributed by atoms with Crippen LogP contribution in [0.25, 0.3) is 10.8 Å². The van der Waals surface area contributed by atoms with Crippen molar-refractivity contribution >= 4 is 29.2 Å². The Hall–Kier alpha value is -3.81. The molecule has 1 aromatic heterocycles. The Morgan fingerprint density at radius 3 is 2.05 bits per heavy atom. The van der Waals surface area contributed by atoms with Gasteiger partial charge in [0, 0.05) is 37.3 Å². The summed E-state index contributed by atoms with van der Waals surface area (Å²) >= 11 is 0. The van der Waals surface area contributed by atoms with E-state index < -0.39 is 0 Å². The van der Waals surface area contributed by atoms with Gasteiger partial charge in [-0.2, -0.15) is 0 Å². The van der Waals surface area contributed by atoms with Crippen LogP contribution in [-0.2, 0) is 16.0 Å². The molecule has 1 heterocycles. The molecule has 0 radical (unpaired) electrons. The number of aromatic nitrogens is 1. The van der Waals surface area contributed by atoms with Crippen LogP contribution in [0.1, 0.15) is 59.1 Å². The summed E-state index contributed by atoms with van der Waals surface area (Å²) in [5, 5.41) is 1.75. The molecule has 0 saturated heterocycles. The highest BCUT2D eigenvalue weighted by Gasteiger charge is 2.17. The zero-order chi connectivity index (χ0) is 29.4. The van der Waals surface area contributed by atoms with Crippen LogP contribution in [0.2, 0.25) is 0 Å². The Labute approximate surface area is 233 Å². The van der Waals surface area contributed by atoms with Gasteiger partial charge in [-0.3, -0.25) is 9.78 Å². The second kappa shape index (κ2) is 17.7. The van der Waals surface area contributed by atoms with Crippen molar-refractivity contribution in [2.24, 2.45) is 5.92 Å². The number of anilines is 1. The molecule has 0 atom stereocenters. The van der Waals surface area contributed by atoms with Crippen LogP contribution >= 0.6 is 0 Å². The lowest BCUT2D eigenvalue weighted by Crippen LogP contribution is -2.17. The predicted molar refractivity (Wildman–Crippen MR) is 158 cm³/mol. The van der Waals surface area contributed by atoms with Crippen LogP contribution in [0.15, 0.2) is 36.7 Å². The van der Waals surface area contributed by atoms with Crippen LogP contribution in [-0.4, -0.2) is 52.2 Å². The number of hydrogen-bond acceptors (Lipinski definition) is 8. The first kappa shape index (κ1) is 33.2. The maximum absolute atomic E-state index is 11.2. The summed E-state index contributed by atoms with van der Waals surface area (Å²) in [4.78, 5) is 27.2. The van der Waals surface area contributed by atoms with Gasteiger partial charge in [0.05, 0.1) is 26.5 Å². The quantitative estimate of drug-likeness (QED) is 0.241. The molecule has 0 spiro atoms. The van der Waals surface area contributed by atoms with Gasteiger partial charge in [0.25, 0.3) is 6.47 Å². The fourth-order valence-electron chi connectivity index (χ4n) is 3.65. The monoisotopic (exact) mass is 540 g/mol. The average Bonchev–Trinajstić information content (AvgIpc) is 2.97. The van der Waals surface area contributed by atoms with Gasteiger partial charge in [0.15, 0.2) is 17.2 Å². The van der Waals surface area contributed by atoms with E-state index in [1.165, 1.54) is 0 Å². The van der Waals surface area contributed by atoms with Gasteiger partial charge in [-0.05, 0) is 54.5 Å². The maximum atomic E-state index is 11.2. The van der Waals surface area contributed by atoms with Gasteiger partial charge < -0.3 is 28.6 Å². The van der Waals surface area contributed by atoms with Crippen LogP contribution in [0.3, 0.4) is 0 Å². The molecule has 0 aliphatic carbocycles. The first-order chi connectivity index (χ1) is 18.8. The smallest absolute Gasteiger partial charge is 0.298 e. The normalized spacial score (nSPS) is 10.0. The lowest BCUT2D eigenvalue weighted by molar-refractivity contribution is -0.120. The van der Waals surface area contributed by atoms with E-state index in [-0.39, 0.29) is 5.92 Å². The highest BCUT2D eigenvalue weighted by Crippen LogP contribution is 2.40. The molecule has 0 fully saturated rings. The fourth-order valence-corrected chi connectivity index (χ4v) is 3.65. The standard InChI is InChI=1S/C25H30N2O5.C4H8O.C2H6/c1-6-10-31-25-22(29-4)12-17(13-23(25)30-5)11-18-14-26-15-20-19(18)8-9-21(27(3)7-2)24(20)32-16-28;1-4(2)3-5;1-2/h8-9,12-16H,6-7,10-11H2,1-5H3;3-4H,1-2H3;1-2H3. The van der Waals surface area contributed by atoms with E-state index in [0.29, 0.717) is 42.5 Å². The number of fused-ring (bicyclic) bond motifs is 1. The molecule has 0 saturated carbocycles. The lowest BCUT2D eigenvalue weighted by atomic mass is 9.99. The van der Waals surface area contributed by atoms with Crippen molar-refractivity contribution in [2.45, 2.75) is 54.4 Å². The summed E-state index contributed by atoms with van der Waals surface area (Å²) in [6, 6.07) is 7.92. The number of carbonyl (C=O) groups is 2. The molecule has 0 amide bonds. The number of ether oxygens (including phenoxy) is 4. The number of hydrogen-bond donors (Lipinski definition) is 0. The fraction of sp³-hybridized carbons (Fsp3) is 0.452. The Morgan fingerprint density at radius 1 is 0.949 bits per heavy atom. The van der Waals surface area contributed by atoms with Crippen molar-refractivity contribution in [3.8, 4) is 23.0 Å². The summed E-state index contributed by atoms with van der Waals surface area (Å²) in [5.41, 5.74) is 2.83. The highest BCUT2D eigenvalue weighted by molar-refractivity contribution is 5.96. The summed E-state index contributed by atoms with van der Waals surface area (Å²) in [7, 11) is 5.19. The molecule has 8 nitrogen and oxygen atoms in total. The van der Waals surface area contributed by atoms with Gasteiger partial charge >= 0.3 is 0 Å². The highest BCUT2D eigenvalue weighted by atomic mass is 16.5. The second-order valence-electron chi connectivity index (χ2n) is 8.77. The molecule has 0 aliphatic heterocycles. The summed E-state index contributed by atoms with van der Waals surface area (Å²) < 4.78 is 22.4. The van der Waals surface area contributed by atoms with E-state index in [0.717, 1.165) is 46.8 Å². The van der Waals surface area contributed by atoms with Crippen molar-refractivity contribution in [1.29, 1.82) is 0 Å². The molecule has 0 N–H and O–H groups in total. The number of aldehydes is 1. The van der Waals surface area contributed by atoms with Crippen molar-refractivity contribution in [3.05, 3.63) is 47.8 Å². The molecule has 0 unspecified atom stereocenters. The van der Waals surface area contributed by atoms with E-state index in [9.17, 15) is 9.59 Å². The molecular weight excluding hydrogens is 496 g/mol. The van der Waals surface area contributed by atoms with Crippen molar-refractivity contribution in [2.75, 3.05) is 39.3 Å². The lowest BCUT2D eigenvalue weighted by Gasteiger charge is -2.21. The Morgan fingerprint density at radius 2 is 1.56 bits per heavy atom. The average molecular weight is 541 g/mol.